The first-order valence-electron chi connectivity index (χ1n) is 8.87. The molecule has 1 aliphatic heterocycles. The molecule has 3 rings (SSSR count). The van der Waals surface area contributed by atoms with Crippen LogP contribution in [0.4, 0.5) is 0 Å². The Hall–Kier alpha value is -1.26. The summed E-state index contributed by atoms with van der Waals surface area (Å²) in [6.07, 6.45) is 6.09. The highest BCUT2D eigenvalue weighted by Gasteiger charge is 2.38. The van der Waals surface area contributed by atoms with Gasteiger partial charge < -0.3 is 15.4 Å². The van der Waals surface area contributed by atoms with Crippen LogP contribution in [0.15, 0.2) is 24.3 Å². The Kier molecular flexibility index (Phi) is 6.93. The maximum Gasteiger partial charge on any atom is 0.237 e. The van der Waals surface area contributed by atoms with Crippen LogP contribution >= 0.6 is 12.4 Å². The lowest BCUT2D eigenvalue weighted by Crippen LogP contribution is -2.47. The van der Waals surface area contributed by atoms with Crippen molar-refractivity contribution in [3.8, 4) is 5.75 Å². The van der Waals surface area contributed by atoms with Gasteiger partial charge in [0.2, 0.25) is 5.91 Å². The number of amides is 1. The molecule has 0 spiro atoms. The summed E-state index contributed by atoms with van der Waals surface area (Å²) in [7, 11) is 0. The van der Waals surface area contributed by atoms with Crippen molar-refractivity contribution < 1.29 is 9.53 Å². The summed E-state index contributed by atoms with van der Waals surface area (Å²) in [5.41, 5.74) is 1.18. The monoisotopic (exact) mass is 352 g/mol. The van der Waals surface area contributed by atoms with Crippen molar-refractivity contribution in [2.45, 2.75) is 64.1 Å². The Labute approximate surface area is 151 Å². The maximum atomic E-state index is 12.4. The third kappa shape index (κ3) is 4.87. The van der Waals surface area contributed by atoms with Crippen molar-refractivity contribution in [1.82, 2.24) is 10.6 Å². The topological polar surface area (TPSA) is 50.4 Å². The number of hydrogen-bond donors (Lipinski definition) is 2. The van der Waals surface area contributed by atoms with Crippen molar-refractivity contribution in [1.29, 1.82) is 0 Å². The van der Waals surface area contributed by atoms with Crippen molar-refractivity contribution >= 4 is 18.3 Å². The highest BCUT2D eigenvalue weighted by atomic mass is 35.5. The van der Waals surface area contributed by atoms with Crippen LogP contribution in [-0.2, 0) is 4.79 Å². The Morgan fingerprint density at radius 3 is 2.92 bits per heavy atom. The van der Waals surface area contributed by atoms with E-state index in [0.29, 0.717) is 18.6 Å². The van der Waals surface area contributed by atoms with E-state index in [1.54, 1.807) is 0 Å². The van der Waals surface area contributed by atoms with E-state index < -0.39 is 0 Å². The molecule has 1 aliphatic carbocycles. The number of carbonyl (C=O) groups excluding carboxylic acids is 1. The fraction of sp³-hybridized carbons (Fsp3) is 0.632. The van der Waals surface area contributed by atoms with Crippen LogP contribution < -0.4 is 15.4 Å². The molecule has 2 N–H and O–H groups in total. The van der Waals surface area contributed by atoms with E-state index in [2.05, 4.69) is 10.6 Å². The summed E-state index contributed by atoms with van der Waals surface area (Å²) in [4.78, 5) is 12.4. The molecule has 0 aromatic heterocycles. The molecular weight excluding hydrogens is 324 g/mol. The zero-order chi connectivity index (χ0) is 16.2. The van der Waals surface area contributed by atoms with Gasteiger partial charge >= 0.3 is 0 Å². The number of carbonyl (C=O) groups is 1. The van der Waals surface area contributed by atoms with Gasteiger partial charge in [-0.25, -0.2) is 0 Å². The van der Waals surface area contributed by atoms with E-state index >= 15 is 0 Å². The van der Waals surface area contributed by atoms with E-state index in [1.165, 1.54) is 31.2 Å². The molecule has 24 heavy (non-hydrogen) atoms. The van der Waals surface area contributed by atoms with Crippen molar-refractivity contribution in [2.24, 2.45) is 5.92 Å². The smallest absolute Gasteiger partial charge is 0.237 e. The number of nitrogens with one attached hydrogen (secondary N) is 2. The van der Waals surface area contributed by atoms with Crippen LogP contribution in [0.5, 0.6) is 5.75 Å². The van der Waals surface area contributed by atoms with Crippen molar-refractivity contribution in [3.63, 3.8) is 0 Å². The number of aryl methyl sites for hydroxylation is 1. The second-order valence-electron chi connectivity index (χ2n) is 7.14. The summed E-state index contributed by atoms with van der Waals surface area (Å²) >= 11 is 0. The minimum absolute atomic E-state index is 0. The normalized spacial score (nSPS) is 26.8. The molecule has 4 nitrogen and oxygen atoms in total. The van der Waals surface area contributed by atoms with Gasteiger partial charge in [-0.3, -0.25) is 4.79 Å². The maximum absolute atomic E-state index is 12.4. The first-order chi connectivity index (χ1) is 11.1. The Balaban J connectivity index is 0.00000208. The predicted molar refractivity (Wildman–Crippen MR) is 98.8 cm³/mol. The fourth-order valence-corrected chi connectivity index (χ4v) is 3.83. The Morgan fingerprint density at radius 2 is 2.17 bits per heavy atom. The molecule has 2 fully saturated rings. The average molecular weight is 353 g/mol. The first kappa shape index (κ1) is 19.1. The average Bonchev–Trinajstić information content (AvgIpc) is 2.97. The van der Waals surface area contributed by atoms with Crippen LogP contribution in [0.25, 0.3) is 0 Å². The van der Waals surface area contributed by atoms with Gasteiger partial charge in [0, 0.05) is 6.04 Å². The van der Waals surface area contributed by atoms with Crippen LogP contribution in [0.1, 0.15) is 44.6 Å². The van der Waals surface area contributed by atoms with E-state index in [0.717, 1.165) is 12.2 Å². The van der Waals surface area contributed by atoms with Crippen molar-refractivity contribution in [3.05, 3.63) is 29.8 Å². The minimum Gasteiger partial charge on any atom is -0.491 e. The third-order valence-electron chi connectivity index (χ3n) is 5.06. The number of ether oxygens (including phenoxy) is 1. The quantitative estimate of drug-likeness (QED) is 0.855. The lowest BCUT2D eigenvalue weighted by atomic mass is 9.85. The van der Waals surface area contributed by atoms with E-state index in [1.807, 2.05) is 38.1 Å². The highest BCUT2D eigenvalue weighted by molar-refractivity contribution is 5.85. The van der Waals surface area contributed by atoms with Gasteiger partial charge in [-0.1, -0.05) is 25.0 Å². The predicted octanol–water partition coefficient (Wildman–Crippen LogP) is 3.22. The molecule has 4 atom stereocenters. The summed E-state index contributed by atoms with van der Waals surface area (Å²) in [6, 6.07) is 8.53. The largest absolute Gasteiger partial charge is 0.491 e. The van der Waals surface area contributed by atoms with Crippen molar-refractivity contribution in [2.75, 3.05) is 6.61 Å². The number of halogens is 1. The molecular formula is C19H29ClN2O2. The first-order valence-corrected chi connectivity index (χ1v) is 8.87. The SMILES string of the molecule is Cc1cccc(OCC(C)NC(=O)C2CC3CCCCC3N2)c1.Cl. The molecule has 1 saturated heterocycles. The molecule has 4 unspecified atom stereocenters. The molecule has 1 saturated carbocycles. The number of hydrogen-bond acceptors (Lipinski definition) is 3. The van der Waals surface area contributed by atoms with Gasteiger partial charge in [-0.15, -0.1) is 12.4 Å². The van der Waals surface area contributed by atoms with Gasteiger partial charge in [-0.05, 0) is 56.7 Å². The molecule has 1 aromatic rings. The Morgan fingerprint density at radius 1 is 1.38 bits per heavy atom. The standard InChI is InChI=1S/C19H28N2O2.ClH/c1-13-6-5-8-16(10-13)23-12-14(2)20-19(22)18-11-15-7-3-4-9-17(15)21-18;/h5-6,8,10,14-15,17-18,21H,3-4,7,9,11-12H2,1-2H3,(H,20,22);1H. The van der Waals surface area contributed by atoms with Crippen LogP contribution in [0.2, 0.25) is 0 Å². The molecule has 0 bridgehead atoms. The molecule has 1 amide bonds. The van der Waals surface area contributed by atoms with Gasteiger partial charge in [0.25, 0.3) is 0 Å². The molecule has 0 radical (unpaired) electrons. The number of rotatable bonds is 5. The summed E-state index contributed by atoms with van der Waals surface area (Å²) in [6.45, 7) is 4.54. The summed E-state index contributed by atoms with van der Waals surface area (Å²) in [5.74, 6) is 1.68. The van der Waals surface area contributed by atoms with Gasteiger partial charge in [0.05, 0.1) is 12.1 Å². The second kappa shape index (κ2) is 8.72. The van der Waals surface area contributed by atoms with Crippen LogP contribution in [0.3, 0.4) is 0 Å². The Bertz CT molecular complexity index is 538. The second-order valence-corrected chi connectivity index (χ2v) is 7.14. The number of fused-ring (bicyclic) bond motifs is 1. The lowest BCUT2D eigenvalue weighted by Gasteiger charge is -2.24. The molecule has 1 aromatic carbocycles. The van der Waals surface area contributed by atoms with Gasteiger partial charge in [0.15, 0.2) is 0 Å². The molecule has 134 valence electrons. The van der Waals surface area contributed by atoms with Gasteiger partial charge in [-0.2, -0.15) is 0 Å². The third-order valence-corrected chi connectivity index (χ3v) is 5.06. The lowest BCUT2D eigenvalue weighted by molar-refractivity contribution is -0.123. The molecule has 5 heteroatoms. The van der Waals surface area contributed by atoms with E-state index in [9.17, 15) is 4.79 Å². The zero-order valence-corrected chi connectivity index (χ0v) is 15.4. The van der Waals surface area contributed by atoms with Crippen LogP contribution in [0, 0.1) is 12.8 Å². The minimum atomic E-state index is -0.0236. The fourth-order valence-electron chi connectivity index (χ4n) is 3.83. The van der Waals surface area contributed by atoms with E-state index in [4.69, 9.17) is 4.74 Å². The summed E-state index contributed by atoms with van der Waals surface area (Å²) in [5, 5.41) is 6.62. The highest BCUT2D eigenvalue weighted by Crippen LogP contribution is 2.33. The van der Waals surface area contributed by atoms with Crippen LogP contribution in [-0.4, -0.2) is 30.6 Å². The zero-order valence-electron chi connectivity index (χ0n) is 14.6. The summed E-state index contributed by atoms with van der Waals surface area (Å²) < 4.78 is 5.77. The van der Waals surface area contributed by atoms with E-state index in [-0.39, 0.29) is 30.4 Å². The molecule has 1 heterocycles. The number of benzene rings is 1. The van der Waals surface area contributed by atoms with Gasteiger partial charge in [0.1, 0.15) is 12.4 Å². The molecule has 2 aliphatic rings.